The van der Waals surface area contributed by atoms with Gasteiger partial charge in [-0.25, -0.2) is 0 Å². The highest BCUT2D eigenvalue weighted by atomic mass is 35.5. The summed E-state index contributed by atoms with van der Waals surface area (Å²) < 4.78 is 0. The Morgan fingerprint density at radius 1 is 1.29 bits per heavy atom. The fraction of sp³-hybridized carbons (Fsp3) is 0.467. The molecule has 6 heteroatoms. The summed E-state index contributed by atoms with van der Waals surface area (Å²) in [4.78, 5) is 23.8. The summed E-state index contributed by atoms with van der Waals surface area (Å²) in [6, 6.07) is 6.66. The Bertz CT molecular complexity index is 515. The van der Waals surface area contributed by atoms with E-state index < -0.39 is 6.04 Å². The molecule has 1 aliphatic rings. The van der Waals surface area contributed by atoms with E-state index >= 15 is 0 Å². The SMILES string of the molecule is CC(C)[C@H](N)C(=O)Nc1cccc(C(=O)NC2CC2)c1.Cl. The number of benzene rings is 1. The van der Waals surface area contributed by atoms with Crippen LogP contribution in [0.4, 0.5) is 5.69 Å². The van der Waals surface area contributed by atoms with Gasteiger partial charge in [-0.2, -0.15) is 0 Å². The zero-order valence-corrected chi connectivity index (χ0v) is 13.1. The van der Waals surface area contributed by atoms with Crippen molar-refractivity contribution in [1.82, 2.24) is 5.32 Å². The van der Waals surface area contributed by atoms with Gasteiger partial charge in [-0.15, -0.1) is 12.4 Å². The topological polar surface area (TPSA) is 84.2 Å². The van der Waals surface area contributed by atoms with Gasteiger partial charge in [0.05, 0.1) is 6.04 Å². The highest BCUT2D eigenvalue weighted by molar-refractivity contribution is 5.98. The summed E-state index contributed by atoms with van der Waals surface area (Å²) in [6.07, 6.45) is 2.09. The van der Waals surface area contributed by atoms with E-state index in [-0.39, 0.29) is 30.1 Å². The molecule has 116 valence electrons. The van der Waals surface area contributed by atoms with E-state index in [9.17, 15) is 9.59 Å². The first-order valence-electron chi connectivity index (χ1n) is 6.94. The van der Waals surface area contributed by atoms with E-state index in [0.29, 0.717) is 17.3 Å². The van der Waals surface area contributed by atoms with Gasteiger partial charge in [-0.05, 0) is 37.0 Å². The number of amides is 2. The summed E-state index contributed by atoms with van der Waals surface area (Å²) in [5, 5.41) is 5.66. The number of nitrogens with one attached hydrogen (secondary N) is 2. The van der Waals surface area contributed by atoms with Crippen molar-refractivity contribution < 1.29 is 9.59 Å². The third-order valence-electron chi connectivity index (χ3n) is 3.33. The summed E-state index contributed by atoms with van der Waals surface area (Å²) >= 11 is 0. The summed E-state index contributed by atoms with van der Waals surface area (Å²) in [7, 11) is 0. The van der Waals surface area contributed by atoms with Crippen molar-refractivity contribution in [3.05, 3.63) is 29.8 Å². The normalized spacial score (nSPS) is 15.0. The third-order valence-corrected chi connectivity index (χ3v) is 3.33. The molecule has 1 fully saturated rings. The smallest absolute Gasteiger partial charge is 0.251 e. The van der Waals surface area contributed by atoms with Crippen molar-refractivity contribution in [2.45, 2.75) is 38.8 Å². The number of nitrogens with two attached hydrogens (primary N) is 1. The number of carbonyl (C=O) groups excluding carboxylic acids is 2. The Morgan fingerprint density at radius 3 is 2.52 bits per heavy atom. The monoisotopic (exact) mass is 311 g/mol. The van der Waals surface area contributed by atoms with Crippen LogP contribution in [0.2, 0.25) is 0 Å². The van der Waals surface area contributed by atoms with Crippen LogP contribution in [0.1, 0.15) is 37.0 Å². The number of carbonyl (C=O) groups is 2. The first kappa shape index (κ1) is 17.5. The molecule has 1 saturated carbocycles. The lowest BCUT2D eigenvalue weighted by molar-refractivity contribution is -0.118. The molecule has 1 aliphatic carbocycles. The van der Waals surface area contributed by atoms with Gasteiger partial charge in [-0.3, -0.25) is 9.59 Å². The van der Waals surface area contributed by atoms with Crippen LogP contribution in [0.25, 0.3) is 0 Å². The molecule has 0 aliphatic heterocycles. The van der Waals surface area contributed by atoms with Gasteiger partial charge >= 0.3 is 0 Å². The second kappa shape index (κ2) is 7.43. The van der Waals surface area contributed by atoms with Crippen molar-refractivity contribution in [2.75, 3.05) is 5.32 Å². The molecular weight excluding hydrogens is 290 g/mol. The number of hydrogen-bond acceptors (Lipinski definition) is 3. The first-order valence-corrected chi connectivity index (χ1v) is 6.94. The zero-order valence-electron chi connectivity index (χ0n) is 12.3. The second-order valence-corrected chi connectivity index (χ2v) is 5.59. The van der Waals surface area contributed by atoms with Crippen LogP contribution in [0.5, 0.6) is 0 Å². The maximum absolute atomic E-state index is 11.9. The molecule has 1 aromatic rings. The average Bonchev–Trinajstić information content (AvgIpc) is 3.21. The van der Waals surface area contributed by atoms with Crippen LogP contribution in [0.15, 0.2) is 24.3 Å². The average molecular weight is 312 g/mol. The molecule has 0 aromatic heterocycles. The van der Waals surface area contributed by atoms with Crippen LogP contribution in [-0.4, -0.2) is 23.9 Å². The molecule has 2 amide bonds. The van der Waals surface area contributed by atoms with E-state index in [0.717, 1.165) is 12.8 Å². The Morgan fingerprint density at radius 2 is 1.95 bits per heavy atom. The van der Waals surface area contributed by atoms with Gasteiger partial charge in [0, 0.05) is 17.3 Å². The van der Waals surface area contributed by atoms with Crippen molar-refractivity contribution in [1.29, 1.82) is 0 Å². The molecule has 21 heavy (non-hydrogen) atoms. The Hall–Kier alpha value is -1.59. The second-order valence-electron chi connectivity index (χ2n) is 5.59. The molecule has 5 nitrogen and oxygen atoms in total. The van der Waals surface area contributed by atoms with Gasteiger partial charge < -0.3 is 16.4 Å². The minimum absolute atomic E-state index is 0. The largest absolute Gasteiger partial charge is 0.349 e. The van der Waals surface area contributed by atoms with Gasteiger partial charge in [0.1, 0.15) is 0 Å². The van der Waals surface area contributed by atoms with Gasteiger partial charge in [0.2, 0.25) is 5.91 Å². The molecule has 0 unspecified atom stereocenters. The predicted molar refractivity (Wildman–Crippen MR) is 85.6 cm³/mol. The van der Waals surface area contributed by atoms with Gasteiger partial charge in [0.15, 0.2) is 0 Å². The number of halogens is 1. The molecule has 1 atom stereocenters. The molecule has 0 spiro atoms. The lowest BCUT2D eigenvalue weighted by Crippen LogP contribution is -2.39. The summed E-state index contributed by atoms with van der Waals surface area (Å²) in [5.74, 6) is -0.271. The van der Waals surface area contributed by atoms with Crippen molar-refractivity contribution in [2.24, 2.45) is 11.7 Å². The first-order chi connectivity index (χ1) is 9.47. The molecule has 4 N–H and O–H groups in total. The van der Waals surface area contributed by atoms with Gasteiger partial charge in [-0.1, -0.05) is 19.9 Å². The lowest BCUT2D eigenvalue weighted by Gasteiger charge is -2.15. The van der Waals surface area contributed by atoms with Crippen LogP contribution >= 0.6 is 12.4 Å². The highest BCUT2D eigenvalue weighted by Gasteiger charge is 2.24. The number of anilines is 1. The van der Waals surface area contributed by atoms with Crippen LogP contribution in [0, 0.1) is 5.92 Å². The maximum Gasteiger partial charge on any atom is 0.251 e. The Balaban J connectivity index is 0.00000220. The summed E-state index contributed by atoms with van der Waals surface area (Å²) in [6.45, 7) is 3.79. The molecule has 0 saturated heterocycles. The van der Waals surface area contributed by atoms with E-state index in [4.69, 9.17) is 5.73 Å². The lowest BCUT2D eigenvalue weighted by atomic mass is 10.0. The number of hydrogen-bond donors (Lipinski definition) is 3. The molecule has 0 heterocycles. The van der Waals surface area contributed by atoms with E-state index in [1.54, 1.807) is 24.3 Å². The van der Waals surface area contributed by atoms with Crippen LogP contribution < -0.4 is 16.4 Å². The quantitative estimate of drug-likeness (QED) is 0.776. The fourth-order valence-electron chi connectivity index (χ4n) is 1.76. The predicted octanol–water partition coefficient (Wildman–Crippen LogP) is 1.92. The molecule has 0 bridgehead atoms. The molecule has 2 rings (SSSR count). The maximum atomic E-state index is 11.9. The van der Waals surface area contributed by atoms with E-state index in [2.05, 4.69) is 10.6 Å². The zero-order chi connectivity index (χ0) is 14.7. The third kappa shape index (κ3) is 5.02. The molecular formula is C15H22ClN3O2. The van der Waals surface area contributed by atoms with Crippen molar-refractivity contribution >= 4 is 29.9 Å². The highest BCUT2D eigenvalue weighted by Crippen LogP contribution is 2.20. The minimum atomic E-state index is -0.557. The minimum Gasteiger partial charge on any atom is -0.349 e. The standard InChI is InChI=1S/C15H21N3O2.ClH/c1-9(2)13(16)15(20)18-12-5-3-4-10(8-12)14(19)17-11-6-7-11;/h3-5,8-9,11,13H,6-7,16H2,1-2H3,(H,17,19)(H,18,20);1H/t13-;/m0./s1. The van der Waals surface area contributed by atoms with E-state index in [1.165, 1.54) is 0 Å². The van der Waals surface area contributed by atoms with Gasteiger partial charge in [0.25, 0.3) is 5.91 Å². The molecule has 0 radical (unpaired) electrons. The van der Waals surface area contributed by atoms with Crippen molar-refractivity contribution in [3.8, 4) is 0 Å². The Labute approximate surface area is 131 Å². The van der Waals surface area contributed by atoms with Crippen molar-refractivity contribution in [3.63, 3.8) is 0 Å². The summed E-state index contributed by atoms with van der Waals surface area (Å²) in [5.41, 5.74) is 6.93. The number of rotatable bonds is 5. The fourth-order valence-corrected chi connectivity index (χ4v) is 1.76. The Kier molecular flexibility index (Phi) is 6.18. The van der Waals surface area contributed by atoms with Crippen LogP contribution in [-0.2, 0) is 4.79 Å². The molecule has 1 aromatic carbocycles. The van der Waals surface area contributed by atoms with Crippen LogP contribution in [0.3, 0.4) is 0 Å². The van der Waals surface area contributed by atoms with E-state index in [1.807, 2.05) is 13.8 Å².